The van der Waals surface area contributed by atoms with Gasteiger partial charge in [-0.15, -0.1) is 0 Å². The summed E-state index contributed by atoms with van der Waals surface area (Å²) >= 11 is 0. The van der Waals surface area contributed by atoms with Crippen molar-refractivity contribution in [3.8, 4) is 0 Å². The summed E-state index contributed by atoms with van der Waals surface area (Å²) < 4.78 is 0. The monoisotopic (exact) mass is 201 g/mol. The third kappa shape index (κ3) is 6.39. The molecule has 1 atom stereocenters. The number of aliphatic hydroxyl groups is 1. The van der Waals surface area contributed by atoms with E-state index >= 15 is 0 Å². The third-order valence-electron chi connectivity index (χ3n) is 2.57. The molecular weight excluding hydrogens is 174 g/mol. The van der Waals surface area contributed by atoms with Crippen LogP contribution < -0.4 is 0 Å². The predicted molar refractivity (Wildman–Crippen MR) is 62.4 cm³/mol. The van der Waals surface area contributed by atoms with Crippen LogP contribution in [0.4, 0.5) is 0 Å². The topological polar surface area (TPSA) is 23.5 Å². The fourth-order valence-electron chi connectivity index (χ4n) is 1.14. The zero-order valence-electron chi connectivity index (χ0n) is 10.7. The first-order valence-electron chi connectivity index (χ1n) is 5.60. The minimum atomic E-state index is -0.236. The number of aliphatic hydroxyl groups excluding tert-OH is 1. The summed E-state index contributed by atoms with van der Waals surface area (Å²) in [4.78, 5) is 2.22. The molecule has 0 aliphatic carbocycles. The van der Waals surface area contributed by atoms with Crippen LogP contribution >= 0.6 is 0 Å². The predicted octanol–water partition coefficient (Wildman–Crippen LogP) is 2.37. The first kappa shape index (κ1) is 13.9. The molecule has 0 fully saturated rings. The maximum absolute atomic E-state index is 9.88. The van der Waals surface area contributed by atoms with Gasteiger partial charge in [-0.25, -0.2) is 0 Å². The highest BCUT2D eigenvalue weighted by Crippen LogP contribution is 2.19. The molecule has 0 saturated carbocycles. The van der Waals surface area contributed by atoms with Crippen LogP contribution in [0.1, 0.15) is 41.0 Å². The van der Waals surface area contributed by atoms with Crippen LogP contribution in [0.2, 0.25) is 0 Å². The van der Waals surface area contributed by atoms with Crippen LogP contribution in [0.3, 0.4) is 0 Å². The van der Waals surface area contributed by atoms with Gasteiger partial charge in [0.1, 0.15) is 0 Å². The van der Waals surface area contributed by atoms with Gasteiger partial charge in [-0.3, -0.25) is 0 Å². The van der Waals surface area contributed by atoms with Crippen LogP contribution in [0, 0.1) is 11.3 Å². The van der Waals surface area contributed by atoms with Crippen molar-refractivity contribution in [1.29, 1.82) is 0 Å². The molecule has 0 aromatic rings. The van der Waals surface area contributed by atoms with E-state index in [1.165, 1.54) is 6.42 Å². The molecule has 0 saturated heterocycles. The molecule has 2 nitrogen and oxygen atoms in total. The van der Waals surface area contributed by atoms with E-state index < -0.39 is 0 Å². The highest BCUT2D eigenvalue weighted by Gasteiger charge is 2.22. The minimum absolute atomic E-state index is 0.00785. The van der Waals surface area contributed by atoms with Gasteiger partial charge in [0.15, 0.2) is 0 Å². The molecule has 0 radical (unpaired) electrons. The van der Waals surface area contributed by atoms with Crippen molar-refractivity contribution in [2.45, 2.75) is 47.1 Å². The maximum atomic E-state index is 9.88. The molecule has 1 N–H and O–H groups in total. The van der Waals surface area contributed by atoms with Crippen molar-refractivity contribution in [3.05, 3.63) is 0 Å². The lowest BCUT2D eigenvalue weighted by Crippen LogP contribution is -2.38. The van der Waals surface area contributed by atoms with Gasteiger partial charge in [-0.05, 0) is 31.3 Å². The molecule has 0 rings (SSSR count). The lowest BCUT2D eigenvalue weighted by Gasteiger charge is -2.30. The van der Waals surface area contributed by atoms with Gasteiger partial charge >= 0.3 is 0 Å². The average molecular weight is 201 g/mol. The number of hydrogen-bond acceptors (Lipinski definition) is 2. The third-order valence-corrected chi connectivity index (χ3v) is 2.57. The van der Waals surface area contributed by atoms with E-state index in [4.69, 9.17) is 0 Å². The maximum Gasteiger partial charge on any atom is 0.0715 e. The lowest BCUT2D eigenvalue weighted by molar-refractivity contribution is 0.0342. The number of hydrogen-bond donors (Lipinski definition) is 1. The van der Waals surface area contributed by atoms with Crippen molar-refractivity contribution in [2.75, 3.05) is 20.1 Å². The minimum Gasteiger partial charge on any atom is -0.391 e. The molecule has 86 valence electrons. The lowest BCUT2D eigenvalue weighted by atomic mass is 9.89. The van der Waals surface area contributed by atoms with E-state index in [2.05, 4.69) is 46.6 Å². The summed E-state index contributed by atoms with van der Waals surface area (Å²) in [6, 6.07) is 0. The second-order valence-electron chi connectivity index (χ2n) is 5.83. The Balaban J connectivity index is 3.77. The van der Waals surface area contributed by atoms with Gasteiger partial charge in [0, 0.05) is 6.54 Å². The van der Waals surface area contributed by atoms with Gasteiger partial charge in [-0.2, -0.15) is 0 Å². The molecule has 0 spiro atoms. The van der Waals surface area contributed by atoms with E-state index in [-0.39, 0.29) is 11.5 Å². The molecule has 1 unspecified atom stereocenters. The Labute approximate surface area is 89.3 Å². The molecule has 0 aromatic carbocycles. The van der Waals surface area contributed by atoms with Crippen LogP contribution in [0.25, 0.3) is 0 Å². The van der Waals surface area contributed by atoms with Crippen LogP contribution in [-0.2, 0) is 0 Å². The van der Waals surface area contributed by atoms with E-state index in [1.54, 1.807) is 0 Å². The van der Waals surface area contributed by atoms with Crippen LogP contribution in [0.15, 0.2) is 0 Å². The summed E-state index contributed by atoms with van der Waals surface area (Å²) in [5, 5.41) is 9.88. The Morgan fingerprint density at radius 1 is 1.21 bits per heavy atom. The van der Waals surface area contributed by atoms with Gasteiger partial charge in [-0.1, -0.05) is 34.6 Å². The summed E-state index contributed by atoms with van der Waals surface area (Å²) in [6.45, 7) is 12.5. The van der Waals surface area contributed by atoms with E-state index in [0.717, 1.165) is 19.0 Å². The van der Waals surface area contributed by atoms with Crippen molar-refractivity contribution in [2.24, 2.45) is 11.3 Å². The normalized spacial score (nSPS) is 15.2. The zero-order chi connectivity index (χ0) is 11.4. The summed E-state index contributed by atoms with van der Waals surface area (Å²) in [7, 11) is 2.08. The SMILES string of the molecule is CC(C)CCN(C)CC(O)C(C)(C)C. The van der Waals surface area contributed by atoms with Crippen molar-refractivity contribution in [3.63, 3.8) is 0 Å². The van der Waals surface area contributed by atoms with Gasteiger partial charge in [0.05, 0.1) is 6.10 Å². The summed E-state index contributed by atoms with van der Waals surface area (Å²) in [5.74, 6) is 0.740. The van der Waals surface area contributed by atoms with Crippen molar-refractivity contribution < 1.29 is 5.11 Å². The van der Waals surface area contributed by atoms with Crippen molar-refractivity contribution >= 4 is 0 Å². The first-order valence-corrected chi connectivity index (χ1v) is 5.60. The van der Waals surface area contributed by atoms with Crippen molar-refractivity contribution in [1.82, 2.24) is 4.90 Å². The van der Waals surface area contributed by atoms with E-state index in [0.29, 0.717) is 0 Å². The van der Waals surface area contributed by atoms with E-state index in [9.17, 15) is 5.11 Å². The first-order chi connectivity index (χ1) is 6.23. The molecule has 0 heterocycles. The Hall–Kier alpha value is -0.0800. The number of rotatable bonds is 5. The standard InChI is InChI=1S/C12H27NO/c1-10(2)7-8-13(6)9-11(14)12(3,4)5/h10-11,14H,7-9H2,1-6H3. The van der Waals surface area contributed by atoms with Gasteiger partial charge < -0.3 is 10.0 Å². The van der Waals surface area contributed by atoms with Crippen LogP contribution in [0.5, 0.6) is 0 Å². The van der Waals surface area contributed by atoms with Gasteiger partial charge in [0.2, 0.25) is 0 Å². The Bertz CT molecular complexity index is 149. The fourth-order valence-corrected chi connectivity index (χ4v) is 1.14. The molecule has 0 bridgehead atoms. The number of likely N-dealkylation sites (N-methyl/N-ethyl adjacent to an activating group) is 1. The Morgan fingerprint density at radius 2 is 1.71 bits per heavy atom. The highest BCUT2D eigenvalue weighted by molar-refractivity contribution is 4.75. The summed E-state index contributed by atoms with van der Waals surface area (Å²) in [6.07, 6.45) is 0.965. The molecule has 0 amide bonds. The fraction of sp³-hybridized carbons (Fsp3) is 1.00. The molecule has 0 aliphatic heterocycles. The molecule has 2 heteroatoms. The average Bonchev–Trinajstić information content (AvgIpc) is 1.99. The second kappa shape index (κ2) is 5.72. The molecule has 0 aromatic heterocycles. The Morgan fingerprint density at radius 3 is 2.07 bits per heavy atom. The quantitative estimate of drug-likeness (QED) is 0.738. The molecule has 14 heavy (non-hydrogen) atoms. The van der Waals surface area contributed by atoms with E-state index in [1.807, 2.05) is 0 Å². The summed E-state index contributed by atoms with van der Waals surface area (Å²) in [5.41, 5.74) is -0.00785. The van der Waals surface area contributed by atoms with Gasteiger partial charge in [0.25, 0.3) is 0 Å². The molecular formula is C12H27NO. The zero-order valence-corrected chi connectivity index (χ0v) is 10.7. The largest absolute Gasteiger partial charge is 0.391 e. The second-order valence-corrected chi connectivity index (χ2v) is 5.83. The Kier molecular flexibility index (Phi) is 5.68. The smallest absolute Gasteiger partial charge is 0.0715 e. The van der Waals surface area contributed by atoms with Crippen LogP contribution in [-0.4, -0.2) is 36.2 Å². The highest BCUT2D eigenvalue weighted by atomic mass is 16.3. The number of nitrogens with zero attached hydrogens (tertiary/aromatic N) is 1. The molecule has 0 aliphatic rings.